The summed E-state index contributed by atoms with van der Waals surface area (Å²) in [6.07, 6.45) is 2.49. The molecule has 2 saturated heterocycles. The molecule has 7 nitrogen and oxygen atoms in total. The quantitative estimate of drug-likeness (QED) is 0.377. The van der Waals surface area contributed by atoms with Gasteiger partial charge in [-0.3, -0.25) is 19.2 Å². The van der Waals surface area contributed by atoms with Gasteiger partial charge in [-0.25, -0.2) is 4.90 Å². The molecule has 0 spiro atoms. The average molecular weight is 475 g/mol. The van der Waals surface area contributed by atoms with E-state index < -0.39 is 11.9 Å². The number of hydrogen-bond acceptors (Lipinski definition) is 5. The highest BCUT2D eigenvalue weighted by atomic mass is 16.5. The topological polar surface area (TPSA) is 84.0 Å². The van der Waals surface area contributed by atoms with Crippen LogP contribution in [0.3, 0.4) is 0 Å². The summed E-state index contributed by atoms with van der Waals surface area (Å²) in [5.41, 5.74) is 3.25. The first-order valence-corrected chi connectivity index (χ1v) is 12.3. The van der Waals surface area contributed by atoms with Gasteiger partial charge in [-0.05, 0) is 68.4 Å². The molecule has 7 heteroatoms. The van der Waals surface area contributed by atoms with Gasteiger partial charge in [0.2, 0.25) is 17.7 Å². The van der Waals surface area contributed by atoms with Crippen molar-refractivity contribution in [2.45, 2.75) is 46.5 Å². The van der Waals surface area contributed by atoms with Crippen LogP contribution in [0.4, 0.5) is 11.4 Å². The molecule has 1 saturated carbocycles. The monoisotopic (exact) mass is 474 g/mol. The number of esters is 1. The molecule has 2 heterocycles. The highest BCUT2D eigenvalue weighted by Gasteiger charge is 2.50. The van der Waals surface area contributed by atoms with E-state index in [0.717, 1.165) is 36.1 Å². The molecule has 3 fully saturated rings. The first kappa shape index (κ1) is 23.3. The number of benzene rings is 2. The first-order chi connectivity index (χ1) is 16.7. The Labute approximate surface area is 205 Å². The van der Waals surface area contributed by atoms with Crippen LogP contribution < -0.4 is 14.5 Å². The summed E-state index contributed by atoms with van der Waals surface area (Å²) in [5.74, 6) is -1.37. The van der Waals surface area contributed by atoms with E-state index in [2.05, 4.69) is 6.92 Å². The summed E-state index contributed by atoms with van der Waals surface area (Å²) in [4.78, 5) is 54.6. The minimum Gasteiger partial charge on any atom is -0.426 e. The van der Waals surface area contributed by atoms with Gasteiger partial charge in [0, 0.05) is 24.7 Å². The van der Waals surface area contributed by atoms with Crippen LogP contribution >= 0.6 is 0 Å². The SMILES string of the molecule is Cc1ccc(C)c(N2C[C@H](C(=O)Oc3cccc(N4C(=O)[C@H]5C[C@@H](C)CC[C@H]5C4=O)c3)CC2=O)c1. The zero-order valence-corrected chi connectivity index (χ0v) is 20.3. The third-order valence-corrected chi connectivity index (χ3v) is 7.60. The van der Waals surface area contributed by atoms with Gasteiger partial charge in [-0.2, -0.15) is 0 Å². The molecule has 0 bridgehead atoms. The van der Waals surface area contributed by atoms with Crippen LogP contribution in [0.1, 0.15) is 43.7 Å². The minimum atomic E-state index is -0.592. The van der Waals surface area contributed by atoms with Gasteiger partial charge in [0.15, 0.2) is 0 Å². The number of carbonyl (C=O) groups excluding carboxylic acids is 4. The Hall–Kier alpha value is -3.48. The van der Waals surface area contributed by atoms with Crippen molar-refractivity contribution in [1.29, 1.82) is 0 Å². The molecule has 35 heavy (non-hydrogen) atoms. The molecule has 3 amide bonds. The highest BCUT2D eigenvalue weighted by molar-refractivity contribution is 6.22. The molecule has 0 aromatic heterocycles. The van der Waals surface area contributed by atoms with Gasteiger partial charge in [-0.15, -0.1) is 0 Å². The summed E-state index contributed by atoms with van der Waals surface area (Å²) >= 11 is 0. The number of rotatable bonds is 4. The summed E-state index contributed by atoms with van der Waals surface area (Å²) in [7, 11) is 0. The van der Waals surface area contributed by atoms with Crippen LogP contribution in [0.2, 0.25) is 0 Å². The van der Waals surface area contributed by atoms with E-state index in [1.165, 1.54) is 4.90 Å². The molecule has 2 aliphatic heterocycles. The molecule has 4 atom stereocenters. The molecule has 0 unspecified atom stereocenters. The number of fused-ring (bicyclic) bond motifs is 1. The van der Waals surface area contributed by atoms with Crippen LogP contribution in [0.15, 0.2) is 42.5 Å². The second-order valence-electron chi connectivity index (χ2n) is 10.3. The van der Waals surface area contributed by atoms with E-state index in [1.807, 2.05) is 32.0 Å². The number of ether oxygens (including phenoxy) is 1. The zero-order valence-electron chi connectivity index (χ0n) is 20.3. The summed E-state index contributed by atoms with van der Waals surface area (Å²) in [6.45, 7) is 6.28. The fraction of sp³-hybridized carbons (Fsp3) is 0.429. The number of amides is 3. The number of hydrogen-bond donors (Lipinski definition) is 0. The fourth-order valence-electron chi connectivity index (χ4n) is 5.64. The van der Waals surface area contributed by atoms with Gasteiger partial charge < -0.3 is 9.64 Å². The Morgan fingerprint density at radius 3 is 2.54 bits per heavy atom. The highest BCUT2D eigenvalue weighted by Crippen LogP contribution is 2.42. The van der Waals surface area contributed by atoms with Crippen LogP contribution in [0.25, 0.3) is 0 Å². The Kier molecular flexibility index (Phi) is 5.95. The van der Waals surface area contributed by atoms with Crippen molar-refractivity contribution >= 4 is 35.1 Å². The lowest BCUT2D eigenvalue weighted by atomic mass is 9.76. The van der Waals surface area contributed by atoms with Crippen molar-refractivity contribution in [1.82, 2.24) is 0 Å². The molecule has 0 radical (unpaired) electrons. The lowest BCUT2D eigenvalue weighted by Gasteiger charge is -2.25. The summed E-state index contributed by atoms with van der Waals surface area (Å²) in [5, 5.41) is 0. The lowest BCUT2D eigenvalue weighted by molar-refractivity contribution is -0.139. The standard InChI is InChI=1S/C28H30N2O5/c1-16-8-10-22-23(11-16)27(33)30(26(22)32)20-5-4-6-21(14-20)35-28(34)19-13-25(31)29(15-19)24-12-17(2)7-9-18(24)3/h4-7,9,12,14,16,19,22-23H,8,10-11,13,15H2,1-3H3/t16-,19+,22+,23-/m0/s1. The third kappa shape index (κ3) is 4.24. The van der Waals surface area contributed by atoms with Crippen LogP contribution in [-0.2, 0) is 19.2 Å². The lowest BCUT2D eigenvalue weighted by Crippen LogP contribution is -2.31. The molecule has 0 N–H and O–H groups in total. The van der Waals surface area contributed by atoms with Crippen LogP contribution in [0, 0.1) is 37.5 Å². The molecule has 5 rings (SSSR count). The Bertz CT molecular complexity index is 1220. The van der Waals surface area contributed by atoms with E-state index in [9.17, 15) is 19.2 Å². The molecule has 182 valence electrons. The van der Waals surface area contributed by atoms with Crippen LogP contribution in [-0.4, -0.2) is 30.2 Å². The van der Waals surface area contributed by atoms with Gasteiger partial charge in [0.25, 0.3) is 0 Å². The van der Waals surface area contributed by atoms with E-state index in [1.54, 1.807) is 29.2 Å². The van der Waals surface area contributed by atoms with Gasteiger partial charge in [0.05, 0.1) is 23.4 Å². The number of carbonyl (C=O) groups is 4. The second-order valence-corrected chi connectivity index (χ2v) is 10.3. The number of aryl methyl sites for hydroxylation is 2. The zero-order chi connectivity index (χ0) is 24.9. The van der Waals surface area contributed by atoms with Gasteiger partial charge >= 0.3 is 5.97 Å². The Balaban J connectivity index is 1.30. The summed E-state index contributed by atoms with van der Waals surface area (Å²) in [6, 6.07) is 12.5. The van der Waals surface area contributed by atoms with E-state index in [4.69, 9.17) is 4.74 Å². The van der Waals surface area contributed by atoms with Gasteiger partial charge in [0.1, 0.15) is 5.75 Å². The maximum absolute atomic E-state index is 13.1. The second kappa shape index (κ2) is 8.95. The first-order valence-electron chi connectivity index (χ1n) is 12.3. The molecular weight excluding hydrogens is 444 g/mol. The number of imide groups is 1. The summed E-state index contributed by atoms with van der Waals surface area (Å²) < 4.78 is 5.62. The maximum atomic E-state index is 13.1. The molecule has 3 aliphatic rings. The largest absolute Gasteiger partial charge is 0.426 e. The molecule has 2 aromatic rings. The van der Waals surface area contributed by atoms with Crippen molar-refractivity contribution in [2.24, 2.45) is 23.7 Å². The predicted octanol–water partition coefficient (Wildman–Crippen LogP) is 4.19. The Morgan fingerprint density at radius 2 is 1.74 bits per heavy atom. The van der Waals surface area contributed by atoms with Crippen molar-refractivity contribution < 1.29 is 23.9 Å². The molecule has 2 aromatic carbocycles. The number of anilines is 2. The third-order valence-electron chi connectivity index (χ3n) is 7.60. The van der Waals surface area contributed by atoms with Crippen molar-refractivity contribution in [2.75, 3.05) is 16.3 Å². The average Bonchev–Trinajstić information content (AvgIpc) is 3.33. The van der Waals surface area contributed by atoms with Crippen molar-refractivity contribution in [3.63, 3.8) is 0 Å². The molecular formula is C28H30N2O5. The van der Waals surface area contributed by atoms with Gasteiger partial charge in [-0.1, -0.05) is 25.1 Å². The van der Waals surface area contributed by atoms with E-state index in [0.29, 0.717) is 11.6 Å². The smallest absolute Gasteiger partial charge is 0.316 e. The number of nitrogens with zero attached hydrogens (tertiary/aromatic N) is 2. The fourth-order valence-corrected chi connectivity index (χ4v) is 5.64. The predicted molar refractivity (Wildman–Crippen MR) is 131 cm³/mol. The van der Waals surface area contributed by atoms with E-state index >= 15 is 0 Å². The normalized spacial score (nSPS) is 26.3. The van der Waals surface area contributed by atoms with Crippen LogP contribution in [0.5, 0.6) is 5.75 Å². The van der Waals surface area contributed by atoms with Crippen molar-refractivity contribution in [3.8, 4) is 5.75 Å². The Morgan fingerprint density at radius 1 is 0.971 bits per heavy atom. The molecule has 1 aliphatic carbocycles. The maximum Gasteiger partial charge on any atom is 0.316 e. The van der Waals surface area contributed by atoms with E-state index in [-0.39, 0.29) is 48.3 Å². The minimum absolute atomic E-state index is 0.0799. The van der Waals surface area contributed by atoms with Crippen molar-refractivity contribution in [3.05, 3.63) is 53.6 Å².